The van der Waals surface area contributed by atoms with Gasteiger partial charge in [0.2, 0.25) is 0 Å². The topological polar surface area (TPSA) is 45.1 Å². The third-order valence-corrected chi connectivity index (χ3v) is 2.60. The van der Waals surface area contributed by atoms with E-state index in [4.69, 9.17) is 5.11 Å². The number of hydrogen-bond acceptors (Lipinski definition) is 3. The van der Waals surface area contributed by atoms with Gasteiger partial charge in [0, 0.05) is 19.3 Å². The van der Waals surface area contributed by atoms with Gasteiger partial charge in [0.15, 0.2) is 0 Å². The molecule has 0 aromatic carbocycles. The number of rotatable bonds is 6. The summed E-state index contributed by atoms with van der Waals surface area (Å²) in [7, 11) is 0. The monoisotopic (exact) mass is 208 g/mol. The highest BCUT2D eigenvalue weighted by Gasteiger charge is 2.05. The van der Waals surface area contributed by atoms with Gasteiger partial charge in [-0.3, -0.25) is 0 Å². The Labute approximate surface area is 91.5 Å². The number of pyridine rings is 1. The van der Waals surface area contributed by atoms with Crippen molar-refractivity contribution in [3.8, 4) is 0 Å². The molecule has 15 heavy (non-hydrogen) atoms. The Balaban J connectivity index is 2.38. The molecule has 0 fully saturated rings. The second kappa shape index (κ2) is 6.40. The van der Waals surface area contributed by atoms with E-state index in [0.29, 0.717) is 5.92 Å². The minimum atomic E-state index is 0.265. The van der Waals surface area contributed by atoms with E-state index in [0.717, 1.165) is 25.2 Å². The average molecular weight is 208 g/mol. The zero-order valence-corrected chi connectivity index (χ0v) is 9.53. The van der Waals surface area contributed by atoms with Crippen molar-refractivity contribution in [1.29, 1.82) is 0 Å². The maximum Gasteiger partial charge on any atom is 0.125 e. The van der Waals surface area contributed by atoms with Crippen molar-refractivity contribution in [2.45, 2.75) is 26.7 Å². The Bertz CT molecular complexity index is 271. The van der Waals surface area contributed by atoms with Gasteiger partial charge in [0.25, 0.3) is 0 Å². The minimum Gasteiger partial charge on any atom is -0.396 e. The van der Waals surface area contributed by atoms with Crippen molar-refractivity contribution >= 4 is 5.82 Å². The van der Waals surface area contributed by atoms with Crippen LogP contribution in [0.3, 0.4) is 0 Å². The van der Waals surface area contributed by atoms with Crippen molar-refractivity contribution in [1.82, 2.24) is 4.98 Å². The summed E-state index contributed by atoms with van der Waals surface area (Å²) in [6.45, 7) is 5.32. The van der Waals surface area contributed by atoms with Gasteiger partial charge in [-0.15, -0.1) is 0 Å². The Hall–Kier alpha value is -1.09. The maximum absolute atomic E-state index is 8.86. The molecule has 3 heteroatoms. The van der Waals surface area contributed by atoms with E-state index in [1.807, 2.05) is 25.3 Å². The minimum absolute atomic E-state index is 0.265. The fourth-order valence-electron chi connectivity index (χ4n) is 1.45. The molecule has 0 radical (unpaired) electrons. The summed E-state index contributed by atoms with van der Waals surface area (Å²) < 4.78 is 0. The number of aryl methyl sites for hydroxylation is 1. The van der Waals surface area contributed by atoms with Crippen molar-refractivity contribution in [3.63, 3.8) is 0 Å². The van der Waals surface area contributed by atoms with Crippen LogP contribution in [0.2, 0.25) is 0 Å². The highest BCUT2D eigenvalue weighted by Crippen LogP contribution is 2.10. The van der Waals surface area contributed by atoms with Crippen LogP contribution in [-0.4, -0.2) is 23.2 Å². The van der Waals surface area contributed by atoms with Crippen molar-refractivity contribution in [2.75, 3.05) is 18.5 Å². The third-order valence-electron chi connectivity index (χ3n) is 2.60. The number of aromatic nitrogens is 1. The Kier molecular flexibility index (Phi) is 5.12. The van der Waals surface area contributed by atoms with Gasteiger partial charge in [0.05, 0.1) is 0 Å². The zero-order chi connectivity index (χ0) is 11.1. The Morgan fingerprint density at radius 3 is 2.80 bits per heavy atom. The van der Waals surface area contributed by atoms with Crippen molar-refractivity contribution < 1.29 is 5.11 Å². The lowest BCUT2D eigenvalue weighted by molar-refractivity contribution is 0.258. The molecule has 0 spiro atoms. The van der Waals surface area contributed by atoms with Gasteiger partial charge in [-0.25, -0.2) is 4.98 Å². The number of aliphatic hydroxyl groups excluding tert-OH is 1. The predicted molar refractivity (Wildman–Crippen MR) is 62.9 cm³/mol. The highest BCUT2D eigenvalue weighted by atomic mass is 16.3. The van der Waals surface area contributed by atoms with E-state index in [1.165, 1.54) is 5.56 Å². The summed E-state index contributed by atoms with van der Waals surface area (Å²) in [5.74, 6) is 1.44. The smallest absolute Gasteiger partial charge is 0.125 e. The molecule has 2 N–H and O–H groups in total. The molecule has 3 nitrogen and oxygen atoms in total. The molecule has 0 aliphatic carbocycles. The predicted octanol–water partition coefficient (Wildman–Crippen LogP) is 2.21. The van der Waals surface area contributed by atoms with Gasteiger partial charge in [-0.1, -0.05) is 19.4 Å². The molecule has 1 rings (SSSR count). The molecule has 0 aliphatic rings. The van der Waals surface area contributed by atoms with E-state index < -0.39 is 0 Å². The number of aliphatic hydroxyl groups is 1. The van der Waals surface area contributed by atoms with Crippen molar-refractivity contribution in [2.24, 2.45) is 5.92 Å². The maximum atomic E-state index is 8.86. The van der Waals surface area contributed by atoms with Gasteiger partial charge in [-0.05, 0) is 30.9 Å². The molecule has 0 saturated carbocycles. The SMILES string of the molecule is CCC(CCO)CNc1ccc(C)cn1. The quantitative estimate of drug-likeness (QED) is 0.753. The number of nitrogens with one attached hydrogen (secondary N) is 1. The fraction of sp³-hybridized carbons (Fsp3) is 0.583. The zero-order valence-electron chi connectivity index (χ0n) is 9.53. The van der Waals surface area contributed by atoms with Gasteiger partial charge in [0.1, 0.15) is 5.82 Å². The second-order valence-electron chi connectivity index (χ2n) is 3.89. The van der Waals surface area contributed by atoms with Gasteiger partial charge >= 0.3 is 0 Å². The largest absolute Gasteiger partial charge is 0.396 e. The van der Waals surface area contributed by atoms with Crippen molar-refractivity contribution in [3.05, 3.63) is 23.9 Å². The molecule has 1 unspecified atom stereocenters. The van der Waals surface area contributed by atoms with Gasteiger partial charge < -0.3 is 10.4 Å². The normalized spacial score (nSPS) is 12.5. The lowest BCUT2D eigenvalue weighted by Gasteiger charge is -2.14. The molecule has 1 heterocycles. The Morgan fingerprint density at radius 2 is 2.27 bits per heavy atom. The number of nitrogens with zero attached hydrogens (tertiary/aromatic N) is 1. The summed E-state index contributed by atoms with van der Waals surface area (Å²) in [6.07, 6.45) is 3.80. The average Bonchev–Trinajstić information content (AvgIpc) is 2.26. The third kappa shape index (κ3) is 4.30. The molecule has 0 bridgehead atoms. The molecular weight excluding hydrogens is 188 g/mol. The lowest BCUT2D eigenvalue weighted by atomic mass is 10.0. The molecule has 0 saturated heterocycles. The van der Waals surface area contributed by atoms with Gasteiger partial charge in [-0.2, -0.15) is 0 Å². The molecule has 1 aromatic rings. The second-order valence-corrected chi connectivity index (χ2v) is 3.89. The molecule has 1 aromatic heterocycles. The van der Waals surface area contributed by atoms with E-state index >= 15 is 0 Å². The van der Waals surface area contributed by atoms with E-state index in [1.54, 1.807) is 0 Å². The summed E-state index contributed by atoms with van der Waals surface area (Å²) in [6, 6.07) is 4.03. The van der Waals surface area contributed by atoms with Crippen LogP contribution in [0.1, 0.15) is 25.3 Å². The summed E-state index contributed by atoms with van der Waals surface area (Å²) in [5.41, 5.74) is 1.17. The van der Waals surface area contributed by atoms with Crippen LogP contribution in [0.4, 0.5) is 5.82 Å². The Morgan fingerprint density at radius 1 is 1.47 bits per heavy atom. The van der Waals surface area contributed by atoms with Crippen LogP contribution >= 0.6 is 0 Å². The molecule has 1 atom stereocenters. The van der Waals surface area contributed by atoms with Crippen LogP contribution in [-0.2, 0) is 0 Å². The molecule has 84 valence electrons. The standard InChI is InChI=1S/C12H20N2O/c1-3-11(6-7-15)9-14-12-5-4-10(2)8-13-12/h4-5,8,11,15H,3,6-7,9H2,1-2H3,(H,13,14). The molecular formula is C12H20N2O. The molecule has 0 amide bonds. The first-order chi connectivity index (χ1) is 7.26. The summed E-state index contributed by atoms with van der Waals surface area (Å²) >= 11 is 0. The number of hydrogen-bond donors (Lipinski definition) is 2. The van der Waals surface area contributed by atoms with E-state index in [9.17, 15) is 0 Å². The van der Waals surface area contributed by atoms with Crippen LogP contribution < -0.4 is 5.32 Å². The van der Waals surface area contributed by atoms with E-state index in [-0.39, 0.29) is 6.61 Å². The van der Waals surface area contributed by atoms with E-state index in [2.05, 4.69) is 17.2 Å². The van der Waals surface area contributed by atoms with Crippen LogP contribution in [0.15, 0.2) is 18.3 Å². The van der Waals surface area contributed by atoms with Crippen LogP contribution in [0, 0.1) is 12.8 Å². The summed E-state index contributed by atoms with van der Waals surface area (Å²) in [4.78, 5) is 4.27. The van der Waals surface area contributed by atoms with Crippen LogP contribution in [0.25, 0.3) is 0 Å². The number of anilines is 1. The van der Waals surface area contributed by atoms with Crippen LogP contribution in [0.5, 0.6) is 0 Å². The fourth-order valence-corrected chi connectivity index (χ4v) is 1.45. The first-order valence-electron chi connectivity index (χ1n) is 5.53. The summed E-state index contributed by atoms with van der Waals surface area (Å²) in [5, 5.41) is 12.1. The lowest BCUT2D eigenvalue weighted by Crippen LogP contribution is -2.15. The first-order valence-corrected chi connectivity index (χ1v) is 5.53. The first kappa shape index (κ1) is 12.0. The highest BCUT2D eigenvalue weighted by molar-refractivity contribution is 5.35. The molecule has 0 aliphatic heterocycles.